The Labute approximate surface area is 320 Å². The maximum Gasteiger partial charge on any atom is 0.481 e. The van der Waals surface area contributed by atoms with Gasteiger partial charge in [0.2, 0.25) is 18.4 Å². The van der Waals surface area contributed by atoms with Crippen molar-refractivity contribution in [2.75, 3.05) is 44.3 Å². The molecule has 2 aromatic heterocycles. The Bertz CT molecular complexity index is 1870. The van der Waals surface area contributed by atoms with E-state index in [-0.39, 0.29) is 66.7 Å². The lowest BCUT2D eigenvalue weighted by Gasteiger charge is -2.30. The van der Waals surface area contributed by atoms with Crippen molar-refractivity contribution in [3.8, 4) is 0 Å². The predicted molar refractivity (Wildman–Crippen MR) is 188 cm³/mol. The number of aliphatic hydroxyl groups excluding tert-OH is 2. The summed E-state index contributed by atoms with van der Waals surface area (Å²) in [6.07, 6.45) is -6.97. The summed E-state index contributed by atoms with van der Waals surface area (Å²) in [6.45, 7) is -0.0952. The number of aliphatic hydroxyl groups is 2. The third-order valence-corrected chi connectivity index (χ3v) is 11.5. The lowest BCUT2D eigenvalue weighted by atomic mass is 9.87. The summed E-state index contributed by atoms with van der Waals surface area (Å²) < 4.78 is 61.9. The van der Waals surface area contributed by atoms with Crippen LogP contribution in [0.4, 0.5) is 5.82 Å². The summed E-state index contributed by atoms with van der Waals surface area (Å²) in [5.41, 5.74) is 4.20. The molecule has 31 heteroatoms. The highest BCUT2D eigenvalue weighted by Gasteiger charge is 2.50. The van der Waals surface area contributed by atoms with Gasteiger partial charge in [0.25, 0.3) is 0 Å². The number of nitrogens with zero attached hydrogens (tertiary/aromatic N) is 5. The van der Waals surface area contributed by atoms with Crippen molar-refractivity contribution in [1.29, 1.82) is 0 Å². The third-order valence-electron chi connectivity index (χ3n) is 7.49. The number of imidazole rings is 1. The molecule has 1 aliphatic rings. The van der Waals surface area contributed by atoms with E-state index in [4.69, 9.17) is 19.5 Å². The molecule has 1 aliphatic heterocycles. The minimum absolute atomic E-state index is 0.0154. The Morgan fingerprint density at radius 3 is 2.43 bits per heavy atom. The SMILES string of the molecule is CC(C)(COP(=O)(O)OP(=O)(O)OC[C@H]1O[C@@H](n2cnc3c(N)ncnc32)[C@H](O)[C@@H]1OP(=O)(O)O)[C@@H](O)C(=O)NCCC(=O)NCCSC(=O)CCC[N+](=O)[O-]. The Hall–Kier alpha value is -3.04. The zero-order chi connectivity index (χ0) is 42.1. The number of fused-ring (bicyclic) bond motifs is 1. The van der Waals surface area contributed by atoms with Gasteiger partial charge in [-0.05, 0) is 0 Å². The van der Waals surface area contributed by atoms with Gasteiger partial charge < -0.3 is 50.9 Å². The fourth-order valence-corrected chi connectivity index (χ4v) is 8.27. The van der Waals surface area contributed by atoms with Gasteiger partial charge in [-0.25, -0.2) is 28.6 Å². The number of ether oxygens (including phenoxy) is 1. The van der Waals surface area contributed by atoms with Crippen molar-refractivity contribution >= 4 is 69.1 Å². The van der Waals surface area contributed by atoms with Gasteiger partial charge in [-0.1, -0.05) is 25.6 Å². The van der Waals surface area contributed by atoms with Crippen LogP contribution in [0.2, 0.25) is 0 Å². The van der Waals surface area contributed by atoms with Crippen LogP contribution in [0.3, 0.4) is 0 Å². The summed E-state index contributed by atoms with van der Waals surface area (Å²) in [5, 5.41) is 36.2. The first-order valence-corrected chi connectivity index (χ1v) is 21.6. The number of rotatable bonds is 23. The van der Waals surface area contributed by atoms with E-state index in [0.717, 1.165) is 29.0 Å². The molecule has 2 aromatic rings. The molecule has 0 aromatic carbocycles. The monoisotopic (exact) mass is 882 g/mol. The first-order valence-electron chi connectivity index (χ1n) is 16.1. The maximum absolute atomic E-state index is 12.7. The number of hydrogen-bond donors (Lipinski definition) is 9. The molecule has 1 saturated heterocycles. The van der Waals surface area contributed by atoms with E-state index in [1.54, 1.807) is 0 Å². The summed E-state index contributed by atoms with van der Waals surface area (Å²) in [7, 11) is -16.4. The second-order valence-electron chi connectivity index (χ2n) is 12.4. The number of nitrogens with two attached hydrogens (primary N) is 1. The van der Waals surface area contributed by atoms with E-state index < -0.39 is 89.5 Å². The lowest BCUT2D eigenvalue weighted by Crippen LogP contribution is -2.46. The molecule has 7 atom stereocenters. The third kappa shape index (κ3) is 14.7. The number of nitrogens with one attached hydrogen (secondary N) is 2. The average molecular weight is 883 g/mol. The number of phosphoric ester groups is 3. The largest absolute Gasteiger partial charge is 0.481 e. The fraction of sp³-hybridized carbons (Fsp3) is 0.680. The van der Waals surface area contributed by atoms with E-state index in [1.807, 2.05) is 0 Å². The minimum atomic E-state index is -5.59. The second-order valence-corrected chi connectivity index (χ2v) is 17.8. The van der Waals surface area contributed by atoms with Crippen molar-refractivity contribution in [1.82, 2.24) is 30.2 Å². The normalized spacial score (nSPS) is 21.6. The molecule has 1 fully saturated rings. The van der Waals surface area contributed by atoms with Crippen LogP contribution in [0, 0.1) is 15.5 Å². The second kappa shape index (κ2) is 20.1. The van der Waals surface area contributed by atoms with Gasteiger partial charge in [0.1, 0.15) is 36.3 Å². The predicted octanol–water partition coefficient (Wildman–Crippen LogP) is -1.28. The zero-order valence-corrected chi connectivity index (χ0v) is 33.0. The van der Waals surface area contributed by atoms with Crippen LogP contribution >= 0.6 is 35.2 Å². The number of phosphoric acid groups is 3. The first kappa shape index (κ1) is 47.3. The van der Waals surface area contributed by atoms with E-state index in [2.05, 4.69) is 34.4 Å². The van der Waals surface area contributed by atoms with Crippen LogP contribution in [0.5, 0.6) is 0 Å². The first-order chi connectivity index (χ1) is 25.9. The van der Waals surface area contributed by atoms with Crippen LogP contribution in [0.1, 0.15) is 39.3 Å². The lowest BCUT2D eigenvalue weighted by molar-refractivity contribution is -0.480. The maximum atomic E-state index is 12.7. The molecule has 56 heavy (non-hydrogen) atoms. The number of hydrogen-bond acceptors (Lipinski definition) is 20. The molecule has 2 unspecified atom stereocenters. The highest BCUT2D eigenvalue weighted by molar-refractivity contribution is 8.13. The van der Waals surface area contributed by atoms with Gasteiger partial charge in [0.05, 0.1) is 19.5 Å². The number of thioether (sulfide) groups is 1. The molecule has 0 saturated carbocycles. The molecule has 3 heterocycles. The van der Waals surface area contributed by atoms with Crippen LogP contribution < -0.4 is 16.4 Å². The van der Waals surface area contributed by atoms with Gasteiger partial charge >= 0.3 is 23.5 Å². The van der Waals surface area contributed by atoms with Gasteiger partial charge in [-0.15, -0.1) is 0 Å². The number of carbonyl (C=O) groups excluding carboxylic acids is 3. The Morgan fingerprint density at radius 1 is 1.09 bits per heavy atom. The number of carbonyl (C=O) groups is 3. The van der Waals surface area contributed by atoms with Gasteiger partial charge in [0, 0.05) is 48.4 Å². The molecule has 0 spiro atoms. The Balaban J connectivity index is 1.47. The van der Waals surface area contributed by atoms with Crippen molar-refractivity contribution in [3.63, 3.8) is 0 Å². The molecule has 10 N–H and O–H groups in total. The summed E-state index contributed by atoms with van der Waals surface area (Å²) in [4.78, 5) is 96.8. The Kier molecular flexibility index (Phi) is 17.0. The van der Waals surface area contributed by atoms with Crippen molar-refractivity contribution in [2.45, 2.75) is 63.8 Å². The average Bonchev–Trinajstić information content (AvgIpc) is 3.64. The molecule has 0 bridgehead atoms. The van der Waals surface area contributed by atoms with Crippen molar-refractivity contribution < 1.29 is 85.4 Å². The highest BCUT2D eigenvalue weighted by Crippen LogP contribution is 2.61. The molecule has 2 amide bonds. The Morgan fingerprint density at radius 2 is 1.77 bits per heavy atom. The van der Waals surface area contributed by atoms with E-state index >= 15 is 0 Å². The van der Waals surface area contributed by atoms with Gasteiger partial charge in [-0.2, -0.15) is 4.31 Å². The van der Waals surface area contributed by atoms with Gasteiger partial charge in [0.15, 0.2) is 22.8 Å². The van der Waals surface area contributed by atoms with Crippen LogP contribution in [0.25, 0.3) is 11.2 Å². The zero-order valence-electron chi connectivity index (χ0n) is 29.5. The molecule has 3 rings (SSSR count). The topological polar surface area (TPSA) is 407 Å². The van der Waals surface area contributed by atoms with E-state index in [0.29, 0.717) is 0 Å². The number of nitrogen functional groups attached to an aromatic ring is 1. The number of nitro groups is 1. The van der Waals surface area contributed by atoms with Gasteiger partial charge in [-0.3, -0.25) is 42.6 Å². The van der Waals surface area contributed by atoms with Crippen LogP contribution in [0.15, 0.2) is 12.7 Å². The van der Waals surface area contributed by atoms with Crippen molar-refractivity contribution in [3.05, 3.63) is 22.8 Å². The molecule has 0 radical (unpaired) electrons. The summed E-state index contributed by atoms with van der Waals surface area (Å²) >= 11 is 0.899. The van der Waals surface area contributed by atoms with Crippen molar-refractivity contribution in [2.24, 2.45) is 5.41 Å². The number of aromatic nitrogens is 4. The molecule has 316 valence electrons. The highest BCUT2D eigenvalue weighted by atomic mass is 32.2. The smallest absolute Gasteiger partial charge is 0.386 e. The molecule has 0 aliphatic carbocycles. The standard InChI is InChI=1S/C25H41N8O19P3S/c1-25(2,20(37)23(38)28-6-5-15(34)27-7-9-56-16(35)4-3-8-33(39)40)11-49-55(46,47)52-54(44,45)48-10-14-19(51-53(41,42)43)18(36)24(50-14)32-13-31-17-21(26)29-12-30-22(17)32/h12-14,18-20,24,36-37H,3-11H2,1-2H3,(H,27,34)(H,28,38)(H,44,45)(H,46,47)(H2,26,29,30)(H2,41,42,43)/t14-,18-,19-,20+,24-/m1/s1. The summed E-state index contributed by atoms with van der Waals surface area (Å²) in [6, 6.07) is 0. The number of amides is 2. The van der Waals surface area contributed by atoms with Crippen LogP contribution in [-0.4, -0.2) is 134 Å². The molecule has 27 nitrogen and oxygen atoms in total. The van der Waals surface area contributed by atoms with Crippen LogP contribution in [-0.2, 0) is 50.7 Å². The summed E-state index contributed by atoms with van der Waals surface area (Å²) in [5.74, 6) is -1.37. The van der Waals surface area contributed by atoms with E-state index in [9.17, 15) is 68.0 Å². The van der Waals surface area contributed by atoms with E-state index in [1.165, 1.54) is 13.8 Å². The molecular weight excluding hydrogens is 841 g/mol. The quantitative estimate of drug-likeness (QED) is 0.0272. The minimum Gasteiger partial charge on any atom is -0.386 e. The molecular formula is C25H41N8O19P3S. The number of anilines is 1. The fourth-order valence-electron chi connectivity index (χ4n) is 4.72.